The predicted octanol–water partition coefficient (Wildman–Crippen LogP) is 7.68. The minimum atomic E-state index is -1.47. The van der Waals surface area contributed by atoms with Gasteiger partial charge in [-0.1, -0.05) is 211 Å². The maximum Gasteiger partial charge on any atom is 0.410 e. The molecule has 0 bridgehead atoms. The number of hydrogen-bond donors (Lipinski definition) is 12. The lowest BCUT2D eigenvalue weighted by Crippen LogP contribution is -2.61. The molecule has 13 N–H and O–H groups in total. The van der Waals surface area contributed by atoms with Crippen molar-refractivity contribution in [2.45, 2.75) is 352 Å². The van der Waals surface area contributed by atoms with Gasteiger partial charge in [0, 0.05) is 47.1 Å². The molecule has 36 heteroatoms. The van der Waals surface area contributed by atoms with Crippen LogP contribution in [0.3, 0.4) is 0 Å². The van der Waals surface area contributed by atoms with Crippen LogP contribution in [0.4, 0.5) is 4.79 Å². The summed E-state index contributed by atoms with van der Waals surface area (Å²) in [6.07, 6.45) is -2.59. The number of benzene rings is 3. The lowest BCUT2D eigenvalue weighted by molar-refractivity contribution is -0.162. The maximum atomic E-state index is 14.6. The van der Waals surface area contributed by atoms with Crippen LogP contribution in [0.1, 0.15) is 239 Å². The number of carbonyl (C=O) groups excluding carboxylic acids is 14. The van der Waals surface area contributed by atoms with Gasteiger partial charge >= 0.3 is 24.0 Å². The van der Waals surface area contributed by atoms with E-state index < -0.39 is 217 Å². The first-order valence-corrected chi connectivity index (χ1v) is 48.2. The number of nitrogens with two attached hydrogens (primary N) is 1. The Kier molecular flexibility index (Phi) is 51.2. The monoisotopic (exact) mass is 1940 g/mol. The molecule has 4 fully saturated rings. The van der Waals surface area contributed by atoms with Gasteiger partial charge in [0.15, 0.2) is 0 Å². The quantitative estimate of drug-likeness (QED) is 0.0271. The fourth-order valence-corrected chi connectivity index (χ4v) is 17.0. The number of aliphatic hydroxyl groups excluding tert-OH is 2. The Labute approximate surface area is 818 Å². The number of carboxylic acids is 1. The molecule has 36 nitrogen and oxygen atoms in total. The van der Waals surface area contributed by atoms with E-state index in [-0.39, 0.29) is 102 Å². The Morgan fingerprint density at radius 3 is 1.34 bits per heavy atom. The third-order valence-corrected chi connectivity index (χ3v) is 25.7. The van der Waals surface area contributed by atoms with Crippen molar-refractivity contribution in [2.75, 3.05) is 48.4 Å². The zero-order valence-corrected chi connectivity index (χ0v) is 84.4. The van der Waals surface area contributed by atoms with Crippen molar-refractivity contribution in [3.63, 3.8) is 0 Å². The molecule has 4 heterocycles. The van der Waals surface area contributed by atoms with Crippen molar-refractivity contribution in [3.05, 3.63) is 101 Å². The molecule has 4 aliphatic rings. The van der Waals surface area contributed by atoms with Crippen molar-refractivity contribution in [2.24, 2.45) is 53.1 Å². The van der Waals surface area contributed by atoms with Crippen molar-refractivity contribution >= 4 is 89.0 Å². The molecule has 12 amide bonds. The number of esters is 2. The number of methoxy groups -OCH3 is 1. The highest BCUT2D eigenvalue weighted by molar-refractivity contribution is 5.98. The van der Waals surface area contributed by atoms with Crippen LogP contribution in [-0.4, -0.2) is 286 Å². The van der Waals surface area contributed by atoms with E-state index in [2.05, 4.69) is 42.5 Å². The van der Waals surface area contributed by atoms with Crippen LogP contribution >= 0.6 is 0 Å². The number of aryl methyl sites for hydroxylation is 1. The maximum absolute atomic E-state index is 14.6. The second kappa shape index (κ2) is 58.3. The topological polar surface area (TPSA) is 492 Å². The summed E-state index contributed by atoms with van der Waals surface area (Å²) in [6, 6.07) is 9.04. The van der Waals surface area contributed by atoms with Crippen LogP contribution in [0.25, 0.3) is 0 Å². The molecule has 3 aromatic carbocycles. The predicted molar refractivity (Wildman–Crippen MR) is 527 cm³/mol. The molecular weight excluding hydrogens is 1770 g/mol. The number of carbonyl (C=O) groups is 15. The molecular formula is C102H166N14O22. The first-order valence-electron chi connectivity index (χ1n) is 48.2. The van der Waals surface area contributed by atoms with Gasteiger partial charge < -0.3 is 102 Å². The third-order valence-electron chi connectivity index (χ3n) is 25.7. The van der Waals surface area contributed by atoms with E-state index in [0.29, 0.717) is 62.7 Å². The van der Waals surface area contributed by atoms with Crippen molar-refractivity contribution in [1.82, 2.24) is 67.0 Å². The number of aliphatic carboxylic acids is 1. The third kappa shape index (κ3) is 36.4. The zero-order chi connectivity index (χ0) is 102. The van der Waals surface area contributed by atoms with Gasteiger partial charge in [-0.05, 0) is 155 Å². The van der Waals surface area contributed by atoms with E-state index in [0.717, 1.165) is 21.6 Å². The molecule has 0 unspecified atom stereocenters. The van der Waals surface area contributed by atoms with Gasteiger partial charge in [-0.15, -0.1) is 0 Å². The van der Waals surface area contributed by atoms with Gasteiger partial charge in [0.2, 0.25) is 65.0 Å². The minimum absolute atomic E-state index is 0. The van der Waals surface area contributed by atoms with E-state index in [9.17, 15) is 87.2 Å². The normalized spacial score (nSPS) is 25.5. The van der Waals surface area contributed by atoms with Gasteiger partial charge in [-0.2, -0.15) is 0 Å². The Bertz CT molecular complexity index is 4420. The Morgan fingerprint density at radius 1 is 0.543 bits per heavy atom. The molecule has 3 aromatic rings. The number of likely N-dealkylation sites (N-methyl/N-ethyl adjacent to an activating group) is 4. The lowest BCUT2D eigenvalue weighted by Gasteiger charge is -2.35. The van der Waals surface area contributed by atoms with Crippen molar-refractivity contribution in [3.8, 4) is 5.75 Å². The Morgan fingerprint density at radius 2 is 0.957 bits per heavy atom. The molecule has 0 radical (unpaired) electrons. The Hall–Kier alpha value is -10.9. The van der Waals surface area contributed by atoms with E-state index in [1.165, 1.54) is 61.7 Å². The summed E-state index contributed by atoms with van der Waals surface area (Å²) in [5.41, 5.74) is 9.62. The van der Waals surface area contributed by atoms with Gasteiger partial charge in [0.05, 0.1) is 50.3 Å². The van der Waals surface area contributed by atoms with E-state index in [1.54, 1.807) is 72.9 Å². The fraction of sp³-hybridized carbons (Fsp3) is 0.676. The number of carboxylic acid groups (broad SMARTS) is 1. The number of nitrogens with zero attached hydrogens (tertiary/aromatic N) is 5. The molecule has 0 saturated carbocycles. The van der Waals surface area contributed by atoms with Crippen LogP contribution in [0.5, 0.6) is 5.75 Å². The molecule has 4 aliphatic heterocycles. The minimum Gasteiger partial charge on any atom is -0.497 e. The highest BCUT2D eigenvalue weighted by Gasteiger charge is 2.48. The summed E-state index contributed by atoms with van der Waals surface area (Å²) in [6.45, 7) is 35.3. The second-order valence-corrected chi connectivity index (χ2v) is 39.3. The summed E-state index contributed by atoms with van der Waals surface area (Å²) in [7, 11) is 7.58. The molecule has 0 aromatic heterocycles. The number of cyclic esters (lactones) is 2. The van der Waals surface area contributed by atoms with Gasteiger partial charge in [0.25, 0.3) is 0 Å². The van der Waals surface area contributed by atoms with Crippen molar-refractivity contribution in [1.29, 1.82) is 0 Å². The van der Waals surface area contributed by atoms with Gasteiger partial charge in [-0.3, -0.25) is 57.6 Å². The molecule has 0 spiro atoms. The second-order valence-electron chi connectivity index (χ2n) is 39.3. The number of aliphatic hydroxyl groups is 2. The molecule has 20 atom stereocenters. The summed E-state index contributed by atoms with van der Waals surface area (Å²) in [5, 5.41) is 54.6. The zero-order valence-electron chi connectivity index (χ0n) is 84.4. The number of ether oxygens (including phenoxy) is 4. The molecule has 776 valence electrons. The van der Waals surface area contributed by atoms with Crippen LogP contribution in [0, 0.1) is 54.3 Å². The van der Waals surface area contributed by atoms with Crippen molar-refractivity contribution < 1.29 is 106 Å². The van der Waals surface area contributed by atoms with E-state index >= 15 is 0 Å². The van der Waals surface area contributed by atoms with Crippen LogP contribution in [0.15, 0.2) is 78.9 Å². The molecule has 138 heavy (non-hydrogen) atoms. The van der Waals surface area contributed by atoms with Crippen LogP contribution in [0.2, 0.25) is 0 Å². The molecule has 4 saturated heterocycles. The van der Waals surface area contributed by atoms with E-state index in [4.69, 9.17) is 24.7 Å². The average molecular weight is 1940 g/mol. The molecule has 0 aliphatic carbocycles. The number of amides is 12. The fourth-order valence-electron chi connectivity index (χ4n) is 17.0. The number of hydrogen-bond acceptors (Lipinski definition) is 23. The van der Waals surface area contributed by atoms with Crippen LogP contribution in [-0.2, 0) is 101 Å². The smallest absolute Gasteiger partial charge is 0.410 e. The largest absolute Gasteiger partial charge is 0.497 e. The van der Waals surface area contributed by atoms with Gasteiger partial charge in [-0.25, -0.2) is 19.2 Å². The Balaban J connectivity index is 0.000000587. The summed E-state index contributed by atoms with van der Waals surface area (Å²) < 4.78 is 22.3. The molecule has 7 rings (SSSR count). The first kappa shape index (κ1) is 121. The lowest BCUT2D eigenvalue weighted by atomic mass is 9.91. The highest BCUT2D eigenvalue weighted by atomic mass is 16.6. The standard InChI is InChI=1S/C46H75N7O9.C39H62N6O9.C15H21NO4.2CH4/c1-13-29(9)39-36(54)24-37(55)49-38(27(6)7)42(57)48-33(22-26(4)5)44(59)53-20-14-15-34(53)45(60)52(12)35(23-31-18-16-28(8)17-19-31)46(61)62-30(10)40(43(58)50-39)51-41(56)32(47-11)21-25(2)3;1-10-23(6)34-30(46)20-31(47)42-33(22(4)5)36(49)41-27(18-21(2)3)37(50)45-17-11-12-28(45)38(51)44(8)29(19-25-13-15-26(53-9)16-14-25)39(52)54-24(7)32(40)35(48)43-34;1-11(2)9-13(14(17)18)16(3)15(19)20-10-12-7-5-4-6-8-12;;/h16-19,25-27,29-30,32-36,38-40,47,54H,13-15,20-24H2,1-12H3,(H,48,57)(H,49,55)(H,50,58)(H,51,56);13-16,21-24,27-30,32-34,46H,10-12,17-20,40H2,1-9H3,(H,41,49)(H,42,47)(H,43,48);4-8,11,13H,9-10H2,1-3H3,(H,17,18);2*1H4/t29-,30+,32+,33-,34-,35-,36-,38-,39+,40-;23-,24+,27-,28-,29-,30-,32-,33-,34+;13-;;/m001../s1. The summed E-state index contributed by atoms with van der Waals surface area (Å²) >= 11 is 0. The number of nitrogens with one attached hydrogen (secondary N) is 8. The average Bonchev–Trinajstić information content (AvgIpc) is 1.60. The van der Waals surface area contributed by atoms with E-state index in [1.807, 2.05) is 131 Å². The van der Waals surface area contributed by atoms with Crippen LogP contribution < -0.4 is 53.0 Å². The highest BCUT2D eigenvalue weighted by Crippen LogP contribution is 2.30. The SMILES string of the molecule is C.C.CC(C)C[C@H](C(=O)O)N(C)C(=O)OCc1ccccc1.CC[C@H](C)[C@H]1NC(=O)[C@@H](N)[C@@H](C)OC(=O)[C@H](Cc2ccc(OC)cc2)N(C)C(=O)[C@@H]2CCCN2C(=O)[C@H](CC(C)C)NC(=O)[C@H](C(C)C)NC(=O)C[C@@H]1O.CC[C@H](C)[C@H]1NC(=O)[C@@H](NC(=O)[C@@H](CC(C)C)NC)[C@@H](C)OC(=O)[C@H](Cc2ccc(C)cc2)N(C)C(=O)[C@@H]2CCCN2C(=O)[C@H](CC(C)C)NC(=O)[C@H](C(C)C)NC(=O)C[C@@H]1O. The number of fused-ring (bicyclic) bond motifs is 2. The summed E-state index contributed by atoms with van der Waals surface area (Å²) in [4.78, 5) is 212. The summed E-state index contributed by atoms with van der Waals surface area (Å²) in [5.74, 6) is -9.58. The first-order chi connectivity index (χ1) is 63.9. The number of rotatable bonds is 26. The van der Waals surface area contributed by atoms with Gasteiger partial charge in [0.1, 0.15) is 91.0 Å².